The molecule has 0 bridgehead atoms. The summed E-state index contributed by atoms with van der Waals surface area (Å²) in [5.74, 6) is 0. The van der Waals surface area contributed by atoms with Crippen LogP contribution in [0.1, 0.15) is 5.56 Å². The van der Waals surface area contributed by atoms with E-state index in [-0.39, 0.29) is 0 Å². The van der Waals surface area contributed by atoms with Gasteiger partial charge >= 0.3 is 0 Å². The molecule has 0 amide bonds. The number of hydrogen-bond acceptors (Lipinski definition) is 1. The van der Waals surface area contributed by atoms with Crippen LogP contribution in [0.5, 0.6) is 0 Å². The number of para-hydroxylation sites is 1. The summed E-state index contributed by atoms with van der Waals surface area (Å²) < 4.78 is 2.06. The van der Waals surface area contributed by atoms with Gasteiger partial charge in [-0.2, -0.15) is 5.26 Å². The highest BCUT2D eigenvalue weighted by molar-refractivity contribution is 7.19. The molecule has 8 aromatic rings. The Hall–Kier alpha value is -6.97. The molecule has 1 aromatic heterocycles. The maximum atomic E-state index is 9.64. The van der Waals surface area contributed by atoms with Crippen molar-refractivity contribution in [2.24, 2.45) is 0 Å². The second-order valence-corrected chi connectivity index (χ2v) is 16.0. The molecule has 4 nitrogen and oxygen atoms in total. The zero-order valence-electron chi connectivity index (χ0n) is 27.0. The van der Waals surface area contributed by atoms with Gasteiger partial charge in [0.1, 0.15) is 0 Å². The zero-order valence-corrected chi connectivity index (χ0v) is 28.0. The van der Waals surface area contributed by atoms with E-state index >= 15 is 0 Å². The van der Waals surface area contributed by atoms with Crippen LogP contribution < -0.4 is 20.7 Å². The minimum absolute atomic E-state index is 0.302. The Morgan fingerprint density at radius 3 is 1.60 bits per heavy atom. The van der Waals surface area contributed by atoms with E-state index in [1.807, 2.05) is 48.5 Å². The fraction of sp³-hybridized carbons (Fsp3) is 0. The quantitative estimate of drug-likeness (QED) is 0.101. The first-order chi connectivity index (χ1) is 24.7. The molecule has 0 saturated heterocycles. The van der Waals surface area contributed by atoms with Gasteiger partial charge in [-0.15, -0.1) is 0 Å². The van der Waals surface area contributed by atoms with Crippen LogP contribution in [-0.4, -0.2) is 12.6 Å². The molecule has 0 spiro atoms. The minimum Gasteiger partial charge on any atom is -0.320 e. The molecule has 0 unspecified atom stereocenters. The van der Waals surface area contributed by atoms with E-state index in [0.717, 1.165) is 32.9 Å². The smallest absolute Gasteiger partial charge is 0.217 e. The monoisotopic (exact) mass is 652 g/mol. The fourth-order valence-corrected chi connectivity index (χ4v) is 12.2. The van der Waals surface area contributed by atoms with Gasteiger partial charge in [0.2, 0.25) is 5.69 Å². The van der Waals surface area contributed by atoms with E-state index in [1.165, 1.54) is 20.7 Å². The van der Waals surface area contributed by atoms with E-state index < -0.39 is 8.07 Å². The molecule has 0 N–H and O–H groups in total. The van der Waals surface area contributed by atoms with Crippen molar-refractivity contribution in [2.75, 3.05) is 0 Å². The Morgan fingerprint density at radius 1 is 0.500 bits per heavy atom. The molecule has 50 heavy (non-hydrogen) atoms. The molecule has 5 heteroatoms. The number of nitriles is 1. The third-order valence-corrected chi connectivity index (χ3v) is 14.4. The topological polar surface area (TPSA) is 37.4 Å². The fourth-order valence-electron chi connectivity index (χ4n) is 7.42. The van der Waals surface area contributed by atoms with Gasteiger partial charge in [-0.1, -0.05) is 140 Å². The summed E-state index contributed by atoms with van der Waals surface area (Å²) in [7, 11) is -2.70. The number of nitrogens with zero attached hydrogens (tertiary/aromatic N) is 4. The van der Waals surface area contributed by atoms with Gasteiger partial charge in [-0.3, -0.25) is 0 Å². The second-order valence-electron chi connectivity index (χ2n) is 12.2. The average molecular weight is 653 g/mol. The van der Waals surface area contributed by atoms with Crippen LogP contribution in [0.15, 0.2) is 170 Å². The van der Waals surface area contributed by atoms with Crippen molar-refractivity contribution in [3.8, 4) is 22.9 Å². The Morgan fingerprint density at radius 2 is 1.04 bits per heavy atom. The Labute approximate surface area is 292 Å². The van der Waals surface area contributed by atoms with Crippen LogP contribution in [0.4, 0.5) is 11.4 Å². The Bertz CT molecular complexity index is 2560. The van der Waals surface area contributed by atoms with E-state index in [2.05, 4.69) is 136 Å². The van der Waals surface area contributed by atoms with Crippen LogP contribution in [0.2, 0.25) is 0 Å². The molecule has 0 aliphatic carbocycles. The van der Waals surface area contributed by atoms with Crippen LogP contribution in [0.25, 0.3) is 48.3 Å². The molecule has 0 atom stereocenters. The number of aromatic nitrogens is 1. The third kappa shape index (κ3) is 4.80. The summed E-state index contributed by atoms with van der Waals surface area (Å²) in [6, 6.07) is 61.0. The first-order valence-electron chi connectivity index (χ1n) is 16.3. The van der Waals surface area contributed by atoms with E-state index in [0.29, 0.717) is 22.6 Å². The molecule has 1 heterocycles. The van der Waals surface area contributed by atoms with Crippen LogP contribution >= 0.6 is 0 Å². The molecule has 0 aliphatic heterocycles. The van der Waals surface area contributed by atoms with Crippen molar-refractivity contribution >= 4 is 62.0 Å². The van der Waals surface area contributed by atoms with Crippen LogP contribution in [0.3, 0.4) is 0 Å². The summed E-state index contributed by atoms with van der Waals surface area (Å²) >= 11 is 0. The van der Waals surface area contributed by atoms with Gasteiger partial charge < -0.3 is 4.57 Å². The average Bonchev–Trinajstić information content (AvgIpc) is 3.52. The number of hydrogen-bond donors (Lipinski definition) is 0. The molecule has 232 valence electrons. The maximum Gasteiger partial charge on any atom is 0.217 e. The van der Waals surface area contributed by atoms with Gasteiger partial charge in [0, 0.05) is 16.5 Å². The number of benzene rings is 7. The number of fused-ring (bicyclic) bond motifs is 3. The predicted octanol–water partition coefficient (Wildman–Crippen LogP) is 8.80. The zero-order chi connectivity index (χ0) is 34.1. The Kier molecular flexibility index (Phi) is 7.63. The molecule has 8 rings (SSSR count). The molecule has 0 fully saturated rings. The normalized spacial score (nSPS) is 11.1. The van der Waals surface area contributed by atoms with Gasteiger partial charge in [0.05, 0.1) is 35.8 Å². The molecular formula is C45H28N4Si. The van der Waals surface area contributed by atoms with Gasteiger partial charge in [0.15, 0.2) is 13.8 Å². The van der Waals surface area contributed by atoms with Crippen molar-refractivity contribution in [2.45, 2.75) is 0 Å². The molecular weight excluding hydrogens is 625 g/mol. The minimum atomic E-state index is -2.70. The molecule has 0 saturated carbocycles. The van der Waals surface area contributed by atoms with Crippen molar-refractivity contribution in [1.82, 2.24) is 4.57 Å². The highest BCUT2D eigenvalue weighted by atomic mass is 28.3. The molecule has 7 aromatic carbocycles. The summed E-state index contributed by atoms with van der Waals surface area (Å²) in [5, 5.41) is 16.7. The summed E-state index contributed by atoms with van der Waals surface area (Å²) in [4.78, 5) is 7.74. The summed E-state index contributed by atoms with van der Waals surface area (Å²) in [5.41, 5.74) is 5.43. The van der Waals surface area contributed by atoms with Crippen molar-refractivity contribution in [3.63, 3.8) is 0 Å². The van der Waals surface area contributed by atoms with E-state index in [4.69, 9.17) is 13.1 Å². The SMILES string of the molecule is [C-]#[N+]c1cc(-c2ccc([Si](c3ccccc3)(c3ccccc3)c3ccccc3)cc2)cc(-n2c3ccccc3c3cc(C#N)ccc32)c1[N+]#[C-]. The van der Waals surface area contributed by atoms with Gasteiger partial charge in [-0.05, 0) is 62.2 Å². The highest BCUT2D eigenvalue weighted by Gasteiger charge is 2.41. The lowest BCUT2D eigenvalue weighted by Crippen LogP contribution is -2.74. The lowest BCUT2D eigenvalue weighted by molar-refractivity contribution is 1.19. The third-order valence-electron chi connectivity index (χ3n) is 9.62. The lowest BCUT2D eigenvalue weighted by atomic mass is 10.0. The number of rotatable bonds is 6. The first kappa shape index (κ1) is 30.4. The highest BCUT2D eigenvalue weighted by Crippen LogP contribution is 2.43. The molecule has 0 radical (unpaired) electrons. The molecule has 0 aliphatic rings. The lowest BCUT2D eigenvalue weighted by Gasteiger charge is -2.34. The summed E-state index contributed by atoms with van der Waals surface area (Å²) in [6.07, 6.45) is 0. The largest absolute Gasteiger partial charge is 0.320 e. The van der Waals surface area contributed by atoms with Crippen LogP contribution in [-0.2, 0) is 0 Å². The van der Waals surface area contributed by atoms with E-state index in [9.17, 15) is 5.26 Å². The predicted molar refractivity (Wildman–Crippen MR) is 207 cm³/mol. The van der Waals surface area contributed by atoms with Gasteiger partial charge in [-0.25, -0.2) is 9.69 Å². The standard InChI is InChI=1S/C45H28N4Si/c1-47-41-29-34(30-44(45(41)48-2)49-42-21-13-12-20-39(42)40-28-32(31-46)22-27-43(40)49)33-23-25-38(26-24-33)50(35-14-6-3-7-15-35,36-16-8-4-9-17-36)37-18-10-5-11-19-37/h3-30H. The second kappa shape index (κ2) is 12.6. The maximum absolute atomic E-state index is 9.64. The summed E-state index contributed by atoms with van der Waals surface area (Å²) in [6.45, 7) is 16.3. The van der Waals surface area contributed by atoms with Crippen molar-refractivity contribution in [3.05, 3.63) is 198 Å². The van der Waals surface area contributed by atoms with Crippen molar-refractivity contribution in [1.29, 1.82) is 5.26 Å². The first-order valence-corrected chi connectivity index (χ1v) is 18.3. The van der Waals surface area contributed by atoms with Gasteiger partial charge in [0.25, 0.3) is 0 Å². The van der Waals surface area contributed by atoms with Crippen LogP contribution in [0, 0.1) is 24.5 Å². The van der Waals surface area contributed by atoms with Crippen molar-refractivity contribution < 1.29 is 0 Å². The Balaban J connectivity index is 1.35. The van der Waals surface area contributed by atoms with E-state index in [1.54, 1.807) is 6.07 Å².